The van der Waals surface area contributed by atoms with Crippen molar-refractivity contribution < 1.29 is 4.74 Å². The molecule has 0 radical (unpaired) electrons. The molecule has 2 atom stereocenters. The molecule has 1 aliphatic rings. The molecule has 2 N–H and O–H groups in total. The van der Waals surface area contributed by atoms with Gasteiger partial charge < -0.3 is 15.0 Å². The molecule has 0 amide bonds. The largest absolute Gasteiger partial charge is 0.378 e. The van der Waals surface area contributed by atoms with Crippen LogP contribution in [0.3, 0.4) is 0 Å². The summed E-state index contributed by atoms with van der Waals surface area (Å²) in [6, 6.07) is 0.615. The quantitative estimate of drug-likeness (QED) is 0.781. The van der Waals surface area contributed by atoms with E-state index in [0.29, 0.717) is 12.1 Å². The zero-order valence-corrected chi connectivity index (χ0v) is 9.20. The second kappa shape index (κ2) is 5.28. The van der Waals surface area contributed by atoms with Gasteiger partial charge in [0, 0.05) is 38.0 Å². The van der Waals surface area contributed by atoms with E-state index in [-0.39, 0.29) is 0 Å². The number of aromatic amines is 1. The molecular weight excluding hydrogens is 190 g/mol. The third-order valence-electron chi connectivity index (χ3n) is 2.83. The summed E-state index contributed by atoms with van der Waals surface area (Å²) in [7, 11) is 0. The third kappa shape index (κ3) is 3.32. The Morgan fingerprint density at radius 2 is 2.60 bits per heavy atom. The van der Waals surface area contributed by atoms with E-state index in [2.05, 4.69) is 22.2 Å². The number of hydrogen-bond acceptors (Lipinski definition) is 3. The van der Waals surface area contributed by atoms with Crippen LogP contribution in [-0.4, -0.2) is 35.3 Å². The van der Waals surface area contributed by atoms with Crippen LogP contribution in [0.4, 0.5) is 0 Å². The highest BCUT2D eigenvalue weighted by molar-refractivity contribution is 4.88. The maximum atomic E-state index is 5.50. The Morgan fingerprint density at radius 3 is 3.33 bits per heavy atom. The van der Waals surface area contributed by atoms with Gasteiger partial charge in [0.2, 0.25) is 0 Å². The summed E-state index contributed by atoms with van der Waals surface area (Å²) in [6.07, 6.45) is 7.29. The summed E-state index contributed by atoms with van der Waals surface area (Å²) in [4.78, 5) is 7.30. The van der Waals surface area contributed by atoms with Gasteiger partial charge in [-0.25, -0.2) is 4.98 Å². The second-order valence-electron chi connectivity index (χ2n) is 4.14. The summed E-state index contributed by atoms with van der Waals surface area (Å²) in [5, 5.41) is 3.55. The van der Waals surface area contributed by atoms with Crippen molar-refractivity contribution in [2.75, 3.05) is 13.2 Å². The summed E-state index contributed by atoms with van der Waals surface area (Å²) in [5.74, 6) is 1.06. The molecule has 0 spiro atoms. The van der Waals surface area contributed by atoms with Gasteiger partial charge >= 0.3 is 0 Å². The summed E-state index contributed by atoms with van der Waals surface area (Å²) >= 11 is 0. The predicted molar refractivity (Wildman–Crippen MR) is 58.7 cm³/mol. The first-order valence-corrected chi connectivity index (χ1v) is 5.68. The topological polar surface area (TPSA) is 49.9 Å². The Labute approximate surface area is 90.4 Å². The van der Waals surface area contributed by atoms with Crippen molar-refractivity contribution in [3.8, 4) is 0 Å². The fourth-order valence-electron chi connectivity index (χ4n) is 2.01. The first-order valence-electron chi connectivity index (χ1n) is 5.68. The molecule has 2 unspecified atom stereocenters. The molecule has 0 aliphatic carbocycles. The fourth-order valence-corrected chi connectivity index (χ4v) is 2.01. The maximum Gasteiger partial charge on any atom is 0.107 e. The van der Waals surface area contributed by atoms with E-state index in [0.717, 1.165) is 38.2 Å². The lowest BCUT2D eigenvalue weighted by Gasteiger charge is -2.27. The van der Waals surface area contributed by atoms with Crippen molar-refractivity contribution in [1.82, 2.24) is 15.3 Å². The van der Waals surface area contributed by atoms with Crippen molar-refractivity contribution in [2.24, 2.45) is 0 Å². The highest BCUT2D eigenvalue weighted by Gasteiger charge is 2.18. The molecule has 1 aromatic heterocycles. The van der Waals surface area contributed by atoms with Gasteiger partial charge in [-0.1, -0.05) is 0 Å². The van der Waals surface area contributed by atoms with Crippen LogP contribution in [0.25, 0.3) is 0 Å². The van der Waals surface area contributed by atoms with Crippen LogP contribution >= 0.6 is 0 Å². The van der Waals surface area contributed by atoms with Crippen LogP contribution in [0, 0.1) is 0 Å². The number of ether oxygens (including phenoxy) is 1. The smallest absolute Gasteiger partial charge is 0.107 e. The standard InChI is InChI=1S/C11H19N3O/c1-9-8-10(3-7-15-9)12-4-2-11-13-5-6-14-11/h5-6,9-10,12H,2-4,7-8H2,1H3,(H,13,14). The predicted octanol–water partition coefficient (Wildman–Crippen LogP) is 1.11. The Balaban J connectivity index is 1.65. The molecule has 1 saturated heterocycles. The van der Waals surface area contributed by atoms with Crippen LogP contribution in [0.5, 0.6) is 0 Å². The minimum absolute atomic E-state index is 0.403. The van der Waals surface area contributed by atoms with Crippen LogP contribution < -0.4 is 5.32 Å². The maximum absolute atomic E-state index is 5.50. The molecule has 0 saturated carbocycles. The lowest BCUT2D eigenvalue weighted by Crippen LogP contribution is -2.38. The lowest BCUT2D eigenvalue weighted by atomic mass is 10.0. The Kier molecular flexibility index (Phi) is 3.75. The SMILES string of the molecule is CC1CC(NCCc2ncc[nH]2)CCO1. The van der Waals surface area contributed by atoms with Crippen LogP contribution in [0.15, 0.2) is 12.4 Å². The van der Waals surface area contributed by atoms with Gasteiger partial charge in [0.05, 0.1) is 6.10 Å². The molecule has 4 nitrogen and oxygen atoms in total. The van der Waals surface area contributed by atoms with Crippen molar-refractivity contribution in [2.45, 2.75) is 38.3 Å². The third-order valence-corrected chi connectivity index (χ3v) is 2.83. The zero-order chi connectivity index (χ0) is 10.5. The number of nitrogens with zero attached hydrogens (tertiary/aromatic N) is 1. The van der Waals surface area contributed by atoms with E-state index >= 15 is 0 Å². The first kappa shape index (κ1) is 10.6. The van der Waals surface area contributed by atoms with Gasteiger partial charge in [-0.15, -0.1) is 0 Å². The molecule has 1 aromatic rings. The average Bonchev–Trinajstić information content (AvgIpc) is 2.71. The van der Waals surface area contributed by atoms with Gasteiger partial charge in [-0.3, -0.25) is 0 Å². The summed E-state index contributed by atoms with van der Waals surface area (Å²) in [5.41, 5.74) is 0. The average molecular weight is 209 g/mol. The van der Waals surface area contributed by atoms with E-state index in [1.807, 2.05) is 6.20 Å². The number of nitrogens with one attached hydrogen (secondary N) is 2. The normalized spacial score (nSPS) is 26.7. The Bertz CT molecular complexity index is 273. The number of H-pyrrole nitrogens is 1. The minimum Gasteiger partial charge on any atom is -0.378 e. The molecule has 0 aromatic carbocycles. The lowest BCUT2D eigenvalue weighted by molar-refractivity contribution is 0.0135. The van der Waals surface area contributed by atoms with Gasteiger partial charge in [-0.2, -0.15) is 0 Å². The van der Waals surface area contributed by atoms with E-state index in [1.54, 1.807) is 6.20 Å². The summed E-state index contributed by atoms with van der Waals surface area (Å²) in [6.45, 7) is 4.02. The van der Waals surface area contributed by atoms with Gasteiger partial charge in [0.25, 0.3) is 0 Å². The number of aromatic nitrogens is 2. The monoisotopic (exact) mass is 209 g/mol. The molecule has 84 valence electrons. The van der Waals surface area contributed by atoms with Crippen molar-refractivity contribution in [3.05, 3.63) is 18.2 Å². The highest BCUT2D eigenvalue weighted by atomic mass is 16.5. The van der Waals surface area contributed by atoms with Gasteiger partial charge in [0.1, 0.15) is 5.82 Å². The summed E-state index contributed by atoms with van der Waals surface area (Å²) < 4.78 is 5.50. The molecule has 1 fully saturated rings. The van der Waals surface area contributed by atoms with E-state index in [1.165, 1.54) is 0 Å². The van der Waals surface area contributed by atoms with Crippen LogP contribution in [0.2, 0.25) is 0 Å². The molecule has 2 rings (SSSR count). The molecule has 4 heteroatoms. The molecule has 1 aliphatic heterocycles. The number of hydrogen-bond donors (Lipinski definition) is 2. The second-order valence-corrected chi connectivity index (χ2v) is 4.14. The number of rotatable bonds is 4. The van der Waals surface area contributed by atoms with E-state index in [9.17, 15) is 0 Å². The Morgan fingerprint density at radius 1 is 1.67 bits per heavy atom. The molecule has 15 heavy (non-hydrogen) atoms. The van der Waals surface area contributed by atoms with Gasteiger partial charge in [0.15, 0.2) is 0 Å². The minimum atomic E-state index is 0.403. The van der Waals surface area contributed by atoms with Crippen molar-refractivity contribution >= 4 is 0 Å². The van der Waals surface area contributed by atoms with Crippen LogP contribution in [-0.2, 0) is 11.2 Å². The van der Waals surface area contributed by atoms with E-state index in [4.69, 9.17) is 4.74 Å². The molecule has 0 bridgehead atoms. The van der Waals surface area contributed by atoms with Crippen molar-refractivity contribution in [1.29, 1.82) is 0 Å². The Hall–Kier alpha value is -0.870. The first-order chi connectivity index (χ1) is 7.34. The molecule has 2 heterocycles. The number of imidazole rings is 1. The molecular formula is C11H19N3O. The fraction of sp³-hybridized carbons (Fsp3) is 0.727. The highest BCUT2D eigenvalue weighted by Crippen LogP contribution is 2.12. The van der Waals surface area contributed by atoms with Gasteiger partial charge in [-0.05, 0) is 19.8 Å². The van der Waals surface area contributed by atoms with Crippen LogP contribution in [0.1, 0.15) is 25.6 Å². The van der Waals surface area contributed by atoms with E-state index < -0.39 is 0 Å². The van der Waals surface area contributed by atoms with Crippen molar-refractivity contribution in [3.63, 3.8) is 0 Å². The zero-order valence-electron chi connectivity index (χ0n) is 9.20.